The van der Waals surface area contributed by atoms with Crippen molar-refractivity contribution < 1.29 is 5.11 Å². The average Bonchev–Trinajstić information content (AvgIpc) is 2.19. The maximum atomic E-state index is 8.59. The maximum absolute atomic E-state index is 8.59. The van der Waals surface area contributed by atoms with E-state index in [9.17, 15) is 0 Å². The van der Waals surface area contributed by atoms with Gasteiger partial charge in [-0.05, 0) is 6.92 Å². The van der Waals surface area contributed by atoms with E-state index in [0.29, 0.717) is 23.7 Å². The van der Waals surface area contributed by atoms with E-state index >= 15 is 0 Å². The molecule has 0 fully saturated rings. The van der Waals surface area contributed by atoms with E-state index in [1.807, 2.05) is 0 Å². The molecular formula is C6H14Cl2N4O. The Bertz CT molecular complexity index is 263. The van der Waals surface area contributed by atoms with Crippen molar-refractivity contribution in [3.8, 4) is 0 Å². The molecule has 0 aromatic carbocycles. The summed E-state index contributed by atoms with van der Waals surface area (Å²) in [5.74, 6) is 0.427. The zero-order valence-corrected chi connectivity index (χ0v) is 8.86. The number of aliphatic hydroxyl groups is 1. The van der Waals surface area contributed by atoms with Crippen LogP contribution in [0.5, 0.6) is 0 Å². The standard InChI is InChI=1S/C6H12N4O.2ClH/c1-4-5(7)6(8)10(9-4)2-3-11;;/h11H,2-3,7-8H2,1H3;2*1H. The number of aryl methyl sites for hydroxylation is 1. The zero-order chi connectivity index (χ0) is 8.43. The number of anilines is 2. The molecule has 0 atom stereocenters. The van der Waals surface area contributed by atoms with E-state index < -0.39 is 0 Å². The first-order valence-corrected chi connectivity index (χ1v) is 3.36. The molecule has 1 heterocycles. The van der Waals surface area contributed by atoms with Crippen LogP contribution < -0.4 is 11.5 Å². The van der Waals surface area contributed by atoms with Crippen LogP contribution in [-0.2, 0) is 6.54 Å². The van der Waals surface area contributed by atoms with Gasteiger partial charge in [0.2, 0.25) is 0 Å². The van der Waals surface area contributed by atoms with Gasteiger partial charge in [0.1, 0.15) is 5.82 Å². The zero-order valence-electron chi connectivity index (χ0n) is 7.23. The molecular weight excluding hydrogens is 215 g/mol. The number of aliphatic hydroxyl groups excluding tert-OH is 1. The molecule has 0 amide bonds. The Morgan fingerprint density at radius 3 is 2.23 bits per heavy atom. The van der Waals surface area contributed by atoms with Crippen molar-refractivity contribution in [1.29, 1.82) is 0 Å². The molecule has 0 spiro atoms. The number of hydrogen-bond donors (Lipinski definition) is 3. The van der Waals surface area contributed by atoms with Crippen molar-refractivity contribution in [3.05, 3.63) is 5.69 Å². The summed E-state index contributed by atoms with van der Waals surface area (Å²) in [6.07, 6.45) is 0. The molecule has 7 heteroatoms. The van der Waals surface area contributed by atoms with Gasteiger partial charge in [-0.15, -0.1) is 24.8 Å². The lowest BCUT2D eigenvalue weighted by molar-refractivity contribution is 0.270. The molecule has 1 aromatic rings. The first-order valence-electron chi connectivity index (χ1n) is 3.36. The SMILES string of the molecule is Cc1nn(CCO)c(N)c1N.Cl.Cl. The van der Waals surface area contributed by atoms with Crippen molar-refractivity contribution >= 4 is 36.3 Å². The second-order valence-electron chi connectivity index (χ2n) is 2.33. The van der Waals surface area contributed by atoms with Gasteiger partial charge in [0.15, 0.2) is 0 Å². The monoisotopic (exact) mass is 228 g/mol. The highest BCUT2D eigenvalue weighted by atomic mass is 35.5. The summed E-state index contributed by atoms with van der Waals surface area (Å²) in [5, 5.41) is 12.6. The molecule has 1 rings (SSSR count). The lowest BCUT2D eigenvalue weighted by Gasteiger charge is -1.99. The van der Waals surface area contributed by atoms with E-state index in [2.05, 4.69) is 5.10 Å². The summed E-state index contributed by atoms with van der Waals surface area (Å²) in [6.45, 7) is 2.19. The lowest BCUT2D eigenvalue weighted by atomic mass is 10.4. The van der Waals surface area contributed by atoms with Crippen LogP contribution in [0, 0.1) is 6.92 Å². The van der Waals surface area contributed by atoms with Gasteiger partial charge < -0.3 is 16.6 Å². The van der Waals surface area contributed by atoms with Crippen LogP contribution >= 0.6 is 24.8 Å². The van der Waals surface area contributed by atoms with Gasteiger partial charge in [-0.1, -0.05) is 0 Å². The molecule has 0 saturated heterocycles. The van der Waals surface area contributed by atoms with Crippen LogP contribution in [0.1, 0.15) is 5.69 Å². The third-order valence-electron chi connectivity index (χ3n) is 1.53. The van der Waals surface area contributed by atoms with Crippen molar-refractivity contribution in [1.82, 2.24) is 9.78 Å². The topological polar surface area (TPSA) is 90.1 Å². The van der Waals surface area contributed by atoms with Gasteiger partial charge in [-0.25, -0.2) is 4.68 Å². The fourth-order valence-electron chi connectivity index (χ4n) is 0.878. The number of halogens is 2. The minimum Gasteiger partial charge on any atom is -0.394 e. The van der Waals surface area contributed by atoms with E-state index in [0.717, 1.165) is 0 Å². The highest BCUT2D eigenvalue weighted by Gasteiger charge is 2.07. The van der Waals surface area contributed by atoms with Crippen LogP contribution in [0.15, 0.2) is 0 Å². The molecule has 5 nitrogen and oxygen atoms in total. The predicted molar refractivity (Wildman–Crippen MR) is 57.4 cm³/mol. The Balaban J connectivity index is 0. The smallest absolute Gasteiger partial charge is 0.145 e. The lowest BCUT2D eigenvalue weighted by Crippen LogP contribution is -2.08. The number of rotatable bonds is 2. The molecule has 78 valence electrons. The van der Waals surface area contributed by atoms with Gasteiger partial charge in [-0.2, -0.15) is 5.10 Å². The molecule has 5 N–H and O–H groups in total. The number of nitrogen functional groups attached to an aromatic ring is 2. The molecule has 0 aliphatic heterocycles. The Kier molecular flexibility index (Phi) is 6.75. The summed E-state index contributed by atoms with van der Waals surface area (Å²) in [4.78, 5) is 0. The summed E-state index contributed by atoms with van der Waals surface area (Å²) in [7, 11) is 0. The number of hydrogen-bond acceptors (Lipinski definition) is 4. The second-order valence-corrected chi connectivity index (χ2v) is 2.33. The van der Waals surface area contributed by atoms with Gasteiger partial charge in [-0.3, -0.25) is 0 Å². The maximum Gasteiger partial charge on any atom is 0.145 e. The molecule has 0 radical (unpaired) electrons. The van der Waals surface area contributed by atoms with Crippen molar-refractivity contribution in [2.24, 2.45) is 0 Å². The van der Waals surface area contributed by atoms with E-state index in [-0.39, 0.29) is 31.4 Å². The number of nitrogens with two attached hydrogens (primary N) is 2. The van der Waals surface area contributed by atoms with Crippen LogP contribution in [0.3, 0.4) is 0 Å². The first kappa shape index (κ1) is 14.9. The third-order valence-corrected chi connectivity index (χ3v) is 1.53. The van der Waals surface area contributed by atoms with Crippen LogP contribution in [0.25, 0.3) is 0 Å². The van der Waals surface area contributed by atoms with Gasteiger partial charge in [0.25, 0.3) is 0 Å². The largest absolute Gasteiger partial charge is 0.394 e. The van der Waals surface area contributed by atoms with Crippen molar-refractivity contribution in [3.63, 3.8) is 0 Å². The van der Waals surface area contributed by atoms with Crippen molar-refractivity contribution in [2.75, 3.05) is 18.1 Å². The Morgan fingerprint density at radius 2 is 1.92 bits per heavy atom. The quantitative estimate of drug-likeness (QED) is 0.675. The number of aromatic nitrogens is 2. The molecule has 0 aliphatic rings. The highest BCUT2D eigenvalue weighted by Crippen LogP contribution is 2.17. The summed E-state index contributed by atoms with van der Waals surface area (Å²) in [5.41, 5.74) is 12.3. The minimum atomic E-state index is 0. The number of nitrogens with zero attached hydrogens (tertiary/aromatic N) is 2. The van der Waals surface area contributed by atoms with Crippen LogP contribution in [0.4, 0.5) is 11.5 Å². The summed E-state index contributed by atoms with van der Waals surface area (Å²) < 4.78 is 1.49. The van der Waals surface area contributed by atoms with Gasteiger partial charge in [0, 0.05) is 0 Å². The van der Waals surface area contributed by atoms with Crippen LogP contribution in [0.2, 0.25) is 0 Å². The molecule has 0 saturated carbocycles. The van der Waals surface area contributed by atoms with Crippen molar-refractivity contribution in [2.45, 2.75) is 13.5 Å². The van der Waals surface area contributed by atoms with E-state index in [1.165, 1.54) is 4.68 Å². The molecule has 1 aromatic heterocycles. The second kappa shape index (κ2) is 5.90. The fourth-order valence-corrected chi connectivity index (χ4v) is 0.878. The van der Waals surface area contributed by atoms with E-state index in [1.54, 1.807) is 6.92 Å². The van der Waals surface area contributed by atoms with Crippen LogP contribution in [-0.4, -0.2) is 21.5 Å². The first-order chi connectivity index (χ1) is 5.16. The van der Waals surface area contributed by atoms with Gasteiger partial charge in [0.05, 0.1) is 24.5 Å². The minimum absolute atomic E-state index is 0. The van der Waals surface area contributed by atoms with Gasteiger partial charge >= 0.3 is 0 Å². The Morgan fingerprint density at radius 1 is 1.38 bits per heavy atom. The third kappa shape index (κ3) is 2.95. The normalized spacial score (nSPS) is 8.77. The van der Waals surface area contributed by atoms with E-state index in [4.69, 9.17) is 16.6 Å². The Labute approximate surface area is 88.9 Å². The predicted octanol–water partition coefficient (Wildman–Crippen LogP) is 0.192. The average molecular weight is 229 g/mol. The molecule has 13 heavy (non-hydrogen) atoms. The highest BCUT2D eigenvalue weighted by molar-refractivity contribution is 5.85. The summed E-state index contributed by atoms with van der Waals surface area (Å²) in [6, 6.07) is 0. The fraction of sp³-hybridized carbons (Fsp3) is 0.500. The summed E-state index contributed by atoms with van der Waals surface area (Å²) >= 11 is 0. The molecule has 0 unspecified atom stereocenters. The molecule has 0 aliphatic carbocycles. The Hall–Kier alpha value is -0.650. The molecule has 0 bridgehead atoms.